The molecule has 3 heterocycles. The monoisotopic (exact) mass is 394 g/mol. The lowest BCUT2D eigenvalue weighted by atomic mass is 9.95. The maximum atomic E-state index is 12.2. The highest BCUT2D eigenvalue weighted by Gasteiger charge is 2.25. The number of hydrogen-bond acceptors (Lipinski definition) is 4. The maximum Gasteiger partial charge on any atom is 0.274 e. The lowest BCUT2D eigenvalue weighted by Gasteiger charge is -2.35. The van der Waals surface area contributed by atoms with E-state index in [0.717, 1.165) is 50.0 Å². The number of piperidine rings is 1. The fourth-order valence-corrected chi connectivity index (χ4v) is 4.42. The molecule has 0 saturated carbocycles. The van der Waals surface area contributed by atoms with E-state index in [-0.39, 0.29) is 5.56 Å². The van der Waals surface area contributed by atoms with Crippen molar-refractivity contribution in [1.82, 2.24) is 19.4 Å². The van der Waals surface area contributed by atoms with Crippen LogP contribution in [0.4, 0.5) is 0 Å². The second-order valence-corrected chi connectivity index (χ2v) is 8.29. The molecule has 1 unspecified atom stereocenters. The molecule has 6 heteroatoms. The zero-order chi connectivity index (χ0) is 20.4. The van der Waals surface area contributed by atoms with Crippen LogP contribution in [0.25, 0.3) is 10.9 Å². The number of aliphatic hydroxyl groups is 1. The molecule has 154 valence electrons. The largest absolute Gasteiger partial charge is 0.374 e. The third-order valence-corrected chi connectivity index (χ3v) is 6.12. The van der Waals surface area contributed by atoms with Crippen molar-refractivity contribution in [2.45, 2.75) is 25.6 Å². The predicted octanol–water partition coefficient (Wildman–Crippen LogP) is 2.70. The normalized spacial score (nSPS) is 17.2. The Balaban J connectivity index is 1.37. The Morgan fingerprint density at radius 2 is 1.93 bits per heavy atom. The Labute approximate surface area is 171 Å². The second kappa shape index (κ2) is 8.53. The molecule has 2 aromatic heterocycles. The van der Waals surface area contributed by atoms with E-state index in [2.05, 4.69) is 40.2 Å². The first-order chi connectivity index (χ1) is 14.0. The summed E-state index contributed by atoms with van der Waals surface area (Å²) >= 11 is 0. The van der Waals surface area contributed by atoms with E-state index in [9.17, 15) is 9.90 Å². The van der Waals surface area contributed by atoms with Gasteiger partial charge < -0.3 is 14.7 Å². The second-order valence-electron chi connectivity index (χ2n) is 8.29. The Morgan fingerprint density at radius 3 is 2.66 bits per heavy atom. The average Bonchev–Trinajstić information content (AvgIpc) is 3.22. The molecule has 6 nitrogen and oxygen atoms in total. The van der Waals surface area contributed by atoms with Gasteiger partial charge in [-0.3, -0.25) is 14.6 Å². The summed E-state index contributed by atoms with van der Waals surface area (Å²) in [6, 6.07) is 12.5. The Hall–Kier alpha value is -2.41. The molecule has 1 atom stereocenters. The lowest BCUT2D eigenvalue weighted by Crippen LogP contribution is -2.38. The number of pyridine rings is 1. The zero-order valence-corrected chi connectivity index (χ0v) is 17.2. The first-order valence-corrected chi connectivity index (χ1v) is 10.3. The van der Waals surface area contributed by atoms with Gasteiger partial charge in [0.05, 0.1) is 0 Å². The summed E-state index contributed by atoms with van der Waals surface area (Å²) in [5.74, 6) is 0.566. The Kier molecular flexibility index (Phi) is 5.85. The minimum absolute atomic E-state index is 0.0746. The van der Waals surface area contributed by atoms with Crippen LogP contribution in [0.3, 0.4) is 0 Å². The number of likely N-dealkylation sites (tertiary alicyclic amines) is 1. The number of fused-ring (bicyclic) bond motifs is 1. The van der Waals surface area contributed by atoms with Crippen LogP contribution in [0.1, 0.15) is 30.2 Å². The van der Waals surface area contributed by atoms with Crippen LogP contribution in [0.15, 0.2) is 53.6 Å². The smallest absolute Gasteiger partial charge is 0.274 e. The third-order valence-electron chi connectivity index (χ3n) is 6.12. The molecule has 29 heavy (non-hydrogen) atoms. The SMILES string of the molecule is CN(CC1CCN(Cc2ccccc2)CC1)C(O)c1cn(C)c(=O)c2[nH]ccc12. The van der Waals surface area contributed by atoms with Gasteiger partial charge in [-0.2, -0.15) is 0 Å². The molecule has 0 spiro atoms. The van der Waals surface area contributed by atoms with Crippen molar-refractivity contribution in [3.63, 3.8) is 0 Å². The van der Waals surface area contributed by atoms with Gasteiger partial charge >= 0.3 is 0 Å². The summed E-state index contributed by atoms with van der Waals surface area (Å²) in [6.07, 6.45) is 5.04. The number of nitrogens with one attached hydrogen (secondary N) is 1. The van der Waals surface area contributed by atoms with E-state index in [1.54, 1.807) is 19.4 Å². The summed E-state index contributed by atoms with van der Waals surface area (Å²) in [7, 11) is 3.69. The quantitative estimate of drug-likeness (QED) is 0.631. The summed E-state index contributed by atoms with van der Waals surface area (Å²) in [6.45, 7) is 4.03. The molecule has 0 amide bonds. The van der Waals surface area contributed by atoms with Gasteiger partial charge in [0, 0.05) is 43.5 Å². The van der Waals surface area contributed by atoms with Crippen LogP contribution < -0.4 is 5.56 Å². The number of aryl methyl sites for hydroxylation is 1. The number of H-pyrrole nitrogens is 1. The van der Waals surface area contributed by atoms with Crippen LogP contribution in [-0.4, -0.2) is 51.1 Å². The molecule has 0 aliphatic carbocycles. The number of aromatic nitrogens is 2. The summed E-state index contributed by atoms with van der Waals surface area (Å²) in [5, 5.41) is 11.8. The fourth-order valence-electron chi connectivity index (χ4n) is 4.42. The zero-order valence-electron chi connectivity index (χ0n) is 17.2. The molecule has 4 rings (SSSR count). The topological polar surface area (TPSA) is 64.5 Å². The summed E-state index contributed by atoms with van der Waals surface area (Å²) in [4.78, 5) is 19.8. The molecule has 1 saturated heterocycles. The first-order valence-electron chi connectivity index (χ1n) is 10.3. The molecule has 3 aromatic rings. The number of aliphatic hydroxyl groups excluding tert-OH is 1. The average molecular weight is 395 g/mol. The number of benzene rings is 1. The van der Waals surface area contributed by atoms with E-state index in [0.29, 0.717) is 11.4 Å². The highest BCUT2D eigenvalue weighted by atomic mass is 16.3. The minimum Gasteiger partial charge on any atom is -0.374 e. The highest BCUT2D eigenvalue weighted by molar-refractivity contribution is 5.82. The van der Waals surface area contributed by atoms with Crippen molar-refractivity contribution in [2.24, 2.45) is 13.0 Å². The Bertz CT molecular complexity index is 1000. The molecule has 1 aliphatic heterocycles. The van der Waals surface area contributed by atoms with Gasteiger partial charge in [-0.25, -0.2) is 0 Å². The van der Waals surface area contributed by atoms with Gasteiger partial charge in [0.25, 0.3) is 5.56 Å². The van der Waals surface area contributed by atoms with Crippen LogP contribution in [0.2, 0.25) is 0 Å². The van der Waals surface area contributed by atoms with Crippen molar-refractivity contribution in [2.75, 3.05) is 26.7 Å². The van der Waals surface area contributed by atoms with Gasteiger partial charge in [0.15, 0.2) is 0 Å². The number of aromatic amines is 1. The van der Waals surface area contributed by atoms with Crippen LogP contribution in [-0.2, 0) is 13.6 Å². The molecule has 1 fully saturated rings. The highest BCUT2D eigenvalue weighted by Crippen LogP contribution is 2.26. The Morgan fingerprint density at radius 1 is 1.21 bits per heavy atom. The standard InChI is InChI=1S/C23H30N4O2/c1-25(22(28)20-16-26(2)23(29)21-19(20)8-11-24-21)14-18-9-12-27(13-10-18)15-17-6-4-3-5-7-17/h3-8,11,16,18,22,24,28H,9-10,12-15H2,1-2H3. The third kappa shape index (κ3) is 4.29. The number of nitrogens with zero attached hydrogens (tertiary/aromatic N) is 3. The van der Waals surface area contributed by atoms with Crippen molar-refractivity contribution in [3.8, 4) is 0 Å². The van der Waals surface area contributed by atoms with E-state index in [4.69, 9.17) is 0 Å². The van der Waals surface area contributed by atoms with E-state index < -0.39 is 6.23 Å². The minimum atomic E-state index is -0.734. The fraction of sp³-hybridized carbons (Fsp3) is 0.435. The van der Waals surface area contributed by atoms with Crippen LogP contribution in [0.5, 0.6) is 0 Å². The molecule has 1 aromatic carbocycles. The van der Waals surface area contributed by atoms with Crippen molar-refractivity contribution >= 4 is 10.9 Å². The van der Waals surface area contributed by atoms with Gasteiger partial charge in [-0.1, -0.05) is 30.3 Å². The van der Waals surface area contributed by atoms with Gasteiger partial charge in [-0.15, -0.1) is 0 Å². The molecular weight excluding hydrogens is 364 g/mol. The molecule has 0 bridgehead atoms. The number of rotatable bonds is 6. The van der Waals surface area contributed by atoms with E-state index >= 15 is 0 Å². The predicted molar refractivity (Wildman–Crippen MR) is 116 cm³/mol. The summed E-state index contributed by atoms with van der Waals surface area (Å²) in [5.41, 5.74) is 2.61. The van der Waals surface area contributed by atoms with Crippen LogP contribution in [0, 0.1) is 5.92 Å². The summed E-state index contributed by atoms with van der Waals surface area (Å²) < 4.78 is 1.54. The van der Waals surface area contributed by atoms with Crippen molar-refractivity contribution in [3.05, 3.63) is 70.3 Å². The van der Waals surface area contributed by atoms with Crippen LogP contribution >= 0.6 is 0 Å². The van der Waals surface area contributed by atoms with E-state index in [1.165, 1.54) is 10.1 Å². The molecule has 0 radical (unpaired) electrons. The first kappa shape index (κ1) is 19.9. The lowest BCUT2D eigenvalue weighted by molar-refractivity contribution is 0.00406. The molecule has 1 aliphatic rings. The van der Waals surface area contributed by atoms with E-state index in [1.807, 2.05) is 18.0 Å². The van der Waals surface area contributed by atoms with Crippen molar-refractivity contribution in [1.29, 1.82) is 0 Å². The molecule has 2 N–H and O–H groups in total. The maximum absolute atomic E-state index is 12.2. The van der Waals surface area contributed by atoms with Gasteiger partial charge in [-0.05, 0) is 50.5 Å². The van der Waals surface area contributed by atoms with Gasteiger partial charge in [0.2, 0.25) is 0 Å². The van der Waals surface area contributed by atoms with Crippen molar-refractivity contribution < 1.29 is 5.11 Å². The van der Waals surface area contributed by atoms with Gasteiger partial charge in [0.1, 0.15) is 11.7 Å². The molecular formula is C23H30N4O2. The number of hydrogen-bond donors (Lipinski definition) is 2.